The number of benzene rings is 1. The zero-order chi connectivity index (χ0) is 12.4. The monoisotopic (exact) mass is 254 g/mol. The lowest BCUT2D eigenvalue weighted by molar-refractivity contribution is 0.347. The summed E-state index contributed by atoms with van der Waals surface area (Å²) in [5.41, 5.74) is 3.14. The van der Waals surface area contributed by atoms with Crippen molar-refractivity contribution in [2.45, 2.75) is 51.3 Å². The fourth-order valence-electron chi connectivity index (χ4n) is 3.02. The predicted octanol–water partition coefficient (Wildman–Crippen LogP) is 5.30. The molecule has 0 amide bonds. The van der Waals surface area contributed by atoms with Crippen LogP contribution < -0.4 is 0 Å². The molecule has 1 aliphatic rings. The van der Waals surface area contributed by atoms with Gasteiger partial charge in [0.15, 0.2) is 0 Å². The molecule has 0 nitrogen and oxygen atoms in total. The van der Waals surface area contributed by atoms with Crippen molar-refractivity contribution in [1.29, 1.82) is 0 Å². The van der Waals surface area contributed by atoms with Gasteiger partial charge in [-0.05, 0) is 61.4 Å². The van der Waals surface area contributed by atoms with E-state index in [1.807, 2.05) is 13.8 Å². The van der Waals surface area contributed by atoms with Crippen LogP contribution in [0.1, 0.15) is 54.2 Å². The van der Waals surface area contributed by atoms with Crippen molar-refractivity contribution in [1.82, 2.24) is 0 Å². The lowest BCUT2D eigenvalue weighted by Crippen LogP contribution is -2.14. The summed E-state index contributed by atoms with van der Waals surface area (Å²) in [7, 11) is 0. The third-order valence-corrected chi connectivity index (χ3v) is 4.47. The Morgan fingerprint density at radius 2 is 1.65 bits per heavy atom. The second-order valence-electron chi connectivity index (χ2n) is 5.25. The van der Waals surface area contributed by atoms with Crippen molar-refractivity contribution >= 4 is 11.6 Å². The van der Waals surface area contributed by atoms with Gasteiger partial charge in [0.25, 0.3) is 0 Å². The standard InChI is InChI=1S/C15H20ClF/c1-10-8-13(17)9-11(2)14(10)15(16)12-6-4-3-5-7-12/h8-9,12,15H,3-7H2,1-2H3. The van der Waals surface area contributed by atoms with E-state index in [4.69, 9.17) is 11.6 Å². The maximum Gasteiger partial charge on any atom is 0.123 e. The second-order valence-corrected chi connectivity index (χ2v) is 5.72. The van der Waals surface area contributed by atoms with E-state index >= 15 is 0 Å². The summed E-state index contributed by atoms with van der Waals surface area (Å²) in [5, 5.41) is 0.0518. The Bertz CT molecular complexity index is 371. The maximum absolute atomic E-state index is 13.3. The highest BCUT2D eigenvalue weighted by molar-refractivity contribution is 6.21. The lowest BCUT2D eigenvalue weighted by atomic mass is 9.82. The van der Waals surface area contributed by atoms with Gasteiger partial charge >= 0.3 is 0 Å². The highest BCUT2D eigenvalue weighted by Gasteiger charge is 2.25. The molecule has 17 heavy (non-hydrogen) atoms. The van der Waals surface area contributed by atoms with E-state index in [1.165, 1.54) is 32.1 Å². The van der Waals surface area contributed by atoms with Crippen LogP contribution in [-0.4, -0.2) is 0 Å². The fraction of sp³-hybridized carbons (Fsp3) is 0.600. The molecule has 94 valence electrons. The van der Waals surface area contributed by atoms with Gasteiger partial charge in [0, 0.05) is 0 Å². The van der Waals surface area contributed by atoms with E-state index in [9.17, 15) is 4.39 Å². The molecule has 1 aromatic carbocycles. The first kappa shape index (κ1) is 12.9. The summed E-state index contributed by atoms with van der Waals surface area (Å²) < 4.78 is 13.3. The average Bonchev–Trinajstić information content (AvgIpc) is 2.28. The highest BCUT2D eigenvalue weighted by Crippen LogP contribution is 2.41. The molecule has 2 rings (SSSR count). The smallest absolute Gasteiger partial charge is 0.123 e. The summed E-state index contributed by atoms with van der Waals surface area (Å²) in [6, 6.07) is 3.20. The molecular formula is C15H20ClF. The van der Waals surface area contributed by atoms with Crippen LogP contribution >= 0.6 is 11.6 Å². The van der Waals surface area contributed by atoms with Gasteiger partial charge < -0.3 is 0 Å². The molecule has 2 heteroatoms. The Kier molecular flexibility index (Phi) is 4.09. The van der Waals surface area contributed by atoms with E-state index in [0.717, 1.165) is 16.7 Å². The van der Waals surface area contributed by atoms with Gasteiger partial charge in [-0.25, -0.2) is 4.39 Å². The topological polar surface area (TPSA) is 0 Å². The van der Waals surface area contributed by atoms with Gasteiger partial charge in [-0.3, -0.25) is 0 Å². The minimum absolute atomic E-state index is 0.0518. The van der Waals surface area contributed by atoms with Crippen molar-refractivity contribution in [3.63, 3.8) is 0 Å². The van der Waals surface area contributed by atoms with Gasteiger partial charge in [0.1, 0.15) is 5.82 Å². The summed E-state index contributed by atoms with van der Waals surface area (Å²) in [6.07, 6.45) is 6.33. The normalized spacial score (nSPS) is 19.3. The zero-order valence-electron chi connectivity index (χ0n) is 10.6. The molecule has 0 heterocycles. The van der Waals surface area contributed by atoms with Gasteiger partial charge in [-0.15, -0.1) is 11.6 Å². The lowest BCUT2D eigenvalue weighted by Gasteiger charge is -2.28. The third kappa shape index (κ3) is 2.82. The first-order chi connectivity index (χ1) is 8.09. The Hall–Kier alpha value is -0.560. The van der Waals surface area contributed by atoms with Crippen LogP contribution in [0.25, 0.3) is 0 Å². The largest absolute Gasteiger partial charge is 0.207 e. The average molecular weight is 255 g/mol. The van der Waals surface area contributed by atoms with Crippen LogP contribution in [0.3, 0.4) is 0 Å². The van der Waals surface area contributed by atoms with Crippen molar-refractivity contribution in [3.8, 4) is 0 Å². The third-order valence-electron chi connectivity index (χ3n) is 3.90. The van der Waals surface area contributed by atoms with Gasteiger partial charge in [0.2, 0.25) is 0 Å². The van der Waals surface area contributed by atoms with Crippen LogP contribution in [0.2, 0.25) is 0 Å². The number of aryl methyl sites for hydroxylation is 2. The zero-order valence-corrected chi connectivity index (χ0v) is 11.4. The van der Waals surface area contributed by atoms with Gasteiger partial charge in [-0.2, -0.15) is 0 Å². The predicted molar refractivity (Wildman–Crippen MR) is 71.0 cm³/mol. The van der Waals surface area contributed by atoms with Crippen LogP contribution in [-0.2, 0) is 0 Å². The molecule has 0 bridgehead atoms. The highest BCUT2D eigenvalue weighted by atomic mass is 35.5. The van der Waals surface area contributed by atoms with Crippen LogP contribution in [0.5, 0.6) is 0 Å². The quantitative estimate of drug-likeness (QED) is 0.628. The maximum atomic E-state index is 13.3. The molecule has 0 radical (unpaired) electrons. The van der Waals surface area contributed by atoms with E-state index in [-0.39, 0.29) is 11.2 Å². The van der Waals surface area contributed by atoms with Crippen molar-refractivity contribution in [3.05, 3.63) is 34.6 Å². The fourth-order valence-corrected chi connectivity index (χ4v) is 3.62. The van der Waals surface area contributed by atoms with Crippen molar-refractivity contribution < 1.29 is 4.39 Å². The molecule has 0 aromatic heterocycles. The number of hydrogen-bond donors (Lipinski definition) is 0. The van der Waals surface area contributed by atoms with Crippen LogP contribution in [0, 0.1) is 25.6 Å². The van der Waals surface area contributed by atoms with Gasteiger partial charge in [-0.1, -0.05) is 19.3 Å². The first-order valence-electron chi connectivity index (χ1n) is 6.50. The number of halogens is 2. The van der Waals surface area contributed by atoms with Crippen molar-refractivity contribution in [2.24, 2.45) is 5.92 Å². The van der Waals surface area contributed by atoms with E-state index < -0.39 is 0 Å². The van der Waals surface area contributed by atoms with Crippen LogP contribution in [0.4, 0.5) is 4.39 Å². The van der Waals surface area contributed by atoms with Crippen LogP contribution in [0.15, 0.2) is 12.1 Å². The molecule has 0 aliphatic heterocycles. The molecule has 0 N–H and O–H groups in total. The molecule has 1 unspecified atom stereocenters. The molecule has 1 aliphatic carbocycles. The molecule has 0 spiro atoms. The molecule has 1 saturated carbocycles. The van der Waals surface area contributed by atoms with E-state index in [2.05, 4.69) is 0 Å². The van der Waals surface area contributed by atoms with E-state index in [1.54, 1.807) is 12.1 Å². The molecular weight excluding hydrogens is 235 g/mol. The summed E-state index contributed by atoms with van der Waals surface area (Å²) >= 11 is 6.63. The minimum Gasteiger partial charge on any atom is -0.207 e. The molecule has 1 atom stereocenters. The summed E-state index contributed by atoms with van der Waals surface area (Å²) in [5.74, 6) is 0.407. The Morgan fingerprint density at radius 3 is 2.18 bits per heavy atom. The number of rotatable bonds is 2. The summed E-state index contributed by atoms with van der Waals surface area (Å²) in [4.78, 5) is 0. The number of alkyl halides is 1. The van der Waals surface area contributed by atoms with Crippen molar-refractivity contribution in [2.75, 3.05) is 0 Å². The SMILES string of the molecule is Cc1cc(F)cc(C)c1C(Cl)C1CCCCC1. The summed E-state index contributed by atoms with van der Waals surface area (Å²) in [6.45, 7) is 3.92. The Labute approximate surface area is 108 Å². The Balaban J connectivity index is 2.26. The molecule has 1 fully saturated rings. The second kappa shape index (κ2) is 5.39. The minimum atomic E-state index is -0.156. The van der Waals surface area contributed by atoms with E-state index in [0.29, 0.717) is 5.92 Å². The Morgan fingerprint density at radius 1 is 1.12 bits per heavy atom. The molecule has 0 saturated heterocycles. The molecule has 1 aromatic rings. The first-order valence-corrected chi connectivity index (χ1v) is 6.94. The van der Waals surface area contributed by atoms with Gasteiger partial charge in [0.05, 0.1) is 5.38 Å². The number of hydrogen-bond acceptors (Lipinski definition) is 0.